The van der Waals surface area contributed by atoms with E-state index in [1.807, 2.05) is 19.9 Å². The van der Waals surface area contributed by atoms with Crippen molar-refractivity contribution >= 4 is 5.91 Å². The van der Waals surface area contributed by atoms with Gasteiger partial charge in [-0.3, -0.25) is 4.79 Å². The second-order valence-electron chi connectivity index (χ2n) is 3.61. The Morgan fingerprint density at radius 2 is 2.27 bits per heavy atom. The third-order valence-corrected chi connectivity index (χ3v) is 2.00. The fourth-order valence-electron chi connectivity index (χ4n) is 1.24. The molecule has 0 saturated heterocycles. The van der Waals surface area contributed by atoms with Gasteiger partial charge in [-0.05, 0) is 20.8 Å². The van der Waals surface area contributed by atoms with Crippen LogP contribution in [0.1, 0.15) is 32.6 Å². The van der Waals surface area contributed by atoms with Gasteiger partial charge in [0.25, 0.3) is 0 Å². The molecule has 1 N–H and O–H groups in total. The third kappa shape index (κ3) is 2.56. The first kappa shape index (κ1) is 11.2. The van der Waals surface area contributed by atoms with Crippen molar-refractivity contribution in [3.63, 3.8) is 0 Å². The Labute approximate surface area is 88.7 Å². The number of hydrogen-bond donors (Lipinski definition) is 1. The van der Waals surface area contributed by atoms with Gasteiger partial charge >= 0.3 is 0 Å². The predicted molar refractivity (Wildman–Crippen MR) is 54.9 cm³/mol. The average molecular weight is 206 g/mol. The van der Waals surface area contributed by atoms with Crippen LogP contribution in [0.3, 0.4) is 0 Å². The van der Waals surface area contributed by atoms with E-state index < -0.39 is 6.04 Å². The summed E-state index contributed by atoms with van der Waals surface area (Å²) in [5, 5.41) is 11.5. The van der Waals surface area contributed by atoms with Gasteiger partial charge in [0.15, 0.2) is 0 Å². The third-order valence-electron chi connectivity index (χ3n) is 2.00. The van der Waals surface area contributed by atoms with Crippen molar-refractivity contribution in [2.24, 2.45) is 0 Å². The van der Waals surface area contributed by atoms with E-state index in [4.69, 9.17) is 5.26 Å². The van der Waals surface area contributed by atoms with E-state index in [-0.39, 0.29) is 17.8 Å². The molecule has 1 aromatic rings. The molecule has 80 valence electrons. The summed E-state index contributed by atoms with van der Waals surface area (Å²) in [4.78, 5) is 15.5. The van der Waals surface area contributed by atoms with E-state index >= 15 is 0 Å². The Balaban J connectivity index is 2.81. The number of carbonyl (C=O) groups is 1. The Bertz CT molecular complexity index is 388. The highest BCUT2D eigenvalue weighted by Gasteiger charge is 2.17. The zero-order chi connectivity index (χ0) is 11.4. The SMILES string of the molecule is CC(C)NC(=O)C(C)n1ccnc1C#N. The molecule has 0 aliphatic carbocycles. The molecule has 1 amide bonds. The highest BCUT2D eigenvalue weighted by molar-refractivity contribution is 5.80. The second kappa shape index (κ2) is 4.60. The van der Waals surface area contributed by atoms with Crippen molar-refractivity contribution in [3.8, 4) is 6.07 Å². The quantitative estimate of drug-likeness (QED) is 0.796. The second-order valence-corrected chi connectivity index (χ2v) is 3.61. The van der Waals surface area contributed by atoms with E-state index in [9.17, 15) is 4.79 Å². The molecule has 1 aromatic heterocycles. The van der Waals surface area contributed by atoms with Crippen LogP contribution in [0, 0.1) is 11.3 Å². The first-order valence-electron chi connectivity index (χ1n) is 4.79. The van der Waals surface area contributed by atoms with Crippen molar-refractivity contribution in [1.29, 1.82) is 5.26 Å². The van der Waals surface area contributed by atoms with Gasteiger partial charge in [-0.2, -0.15) is 5.26 Å². The molecule has 0 aromatic carbocycles. The lowest BCUT2D eigenvalue weighted by Gasteiger charge is -2.16. The summed E-state index contributed by atoms with van der Waals surface area (Å²) in [6.45, 7) is 5.52. The lowest BCUT2D eigenvalue weighted by atomic mass is 10.2. The van der Waals surface area contributed by atoms with Crippen LogP contribution in [-0.2, 0) is 4.79 Å². The molecular weight excluding hydrogens is 192 g/mol. The number of nitriles is 1. The Morgan fingerprint density at radius 3 is 2.80 bits per heavy atom. The summed E-state index contributed by atoms with van der Waals surface area (Å²) in [5.41, 5.74) is 0. The van der Waals surface area contributed by atoms with Crippen LogP contribution in [0.5, 0.6) is 0 Å². The van der Waals surface area contributed by atoms with Gasteiger partial charge in [0, 0.05) is 18.4 Å². The van der Waals surface area contributed by atoms with Gasteiger partial charge in [0.1, 0.15) is 12.1 Å². The molecular formula is C10H14N4O. The number of nitrogens with zero attached hydrogens (tertiary/aromatic N) is 3. The molecule has 1 heterocycles. The minimum Gasteiger partial charge on any atom is -0.352 e. The summed E-state index contributed by atoms with van der Waals surface area (Å²) in [6.07, 6.45) is 3.14. The van der Waals surface area contributed by atoms with E-state index in [0.29, 0.717) is 0 Å². The molecule has 0 radical (unpaired) electrons. The van der Waals surface area contributed by atoms with Crippen LogP contribution in [0.25, 0.3) is 0 Å². The maximum atomic E-state index is 11.7. The zero-order valence-corrected chi connectivity index (χ0v) is 9.06. The Kier molecular flexibility index (Phi) is 3.45. The number of rotatable bonds is 3. The largest absolute Gasteiger partial charge is 0.352 e. The monoisotopic (exact) mass is 206 g/mol. The molecule has 5 heteroatoms. The highest BCUT2D eigenvalue weighted by atomic mass is 16.2. The maximum absolute atomic E-state index is 11.7. The van der Waals surface area contributed by atoms with Crippen LogP contribution in [0.15, 0.2) is 12.4 Å². The van der Waals surface area contributed by atoms with Gasteiger partial charge < -0.3 is 9.88 Å². The molecule has 1 atom stereocenters. The Morgan fingerprint density at radius 1 is 1.60 bits per heavy atom. The topological polar surface area (TPSA) is 70.7 Å². The van der Waals surface area contributed by atoms with Crippen LogP contribution in [0.2, 0.25) is 0 Å². The van der Waals surface area contributed by atoms with E-state index in [0.717, 1.165) is 0 Å². The Hall–Kier alpha value is -1.83. The zero-order valence-electron chi connectivity index (χ0n) is 9.06. The highest BCUT2D eigenvalue weighted by Crippen LogP contribution is 2.08. The number of nitrogens with one attached hydrogen (secondary N) is 1. The van der Waals surface area contributed by atoms with Crippen molar-refractivity contribution in [3.05, 3.63) is 18.2 Å². The molecule has 0 fully saturated rings. The van der Waals surface area contributed by atoms with Gasteiger partial charge in [0.05, 0.1) is 0 Å². The number of imidazole rings is 1. The molecule has 15 heavy (non-hydrogen) atoms. The van der Waals surface area contributed by atoms with Gasteiger partial charge in [-0.1, -0.05) is 0 Å². The van der Waals surface area contributed by atoms with Gasteiger partial charge in [-0.25, -0.2) is 4.98 Å². The number of aromatic nitrogens is 2. The minimum atomic E-state index is -0.412. The molecule has 1 rings (SSSR count). The van der Waals surface area contributed by atoms with Crippen molar-refractivity contribution in [2.45, 2.75) is 32.9 Å². The molecule has 0 saturated carbocycles. The predicted octanol–water partition coefficient (Wildman–Crippen LogP) is 0.840. The molecule has 1 unspecified atom stereocenters. The number of amides is 1. The lowest BCUT2D eigenvalue weighted by molar-refractivity contribution is -0.124. The maximum Gasteiger partial charge on any atom is 0.243 e. The molecule has 0 aliphatic rings. The van der Waals surface area contributed by atoms with E-state index in [2.05, 4.69) is 10.3 Å². The first-order valence-corrected chi connectivity index (χ1v) is 4.79. The van der Waals surface area contributed by atoms with Crippen LogP contribution in [0.4, 0.5) is 0 Å². The van der Waals surface area contributed by atoms with Crippen molar-refractivity contribution in [2.75, 3.05) is 0 Å². The first-order chi connectivity index (χ1) is 7.06. The van der Waals surface area contributed by atoms with Crippen LogP contribution < -0.4 is 5.32 Å². The minimum absolute atomic E-state index is 0.0917. The normalized spacial score (nSPS) is 12.2. The fourth-order valence-corrected chi connectivity index (χ4v) is 1.24. The summed E-state index contributed by atoms with van der Waals surface area (Å²) >= 11 is 0. The fraction of sp³-hybridized carbons (Fsp3) is 0.500. The summed E-state index contributed by atoms with van der Waals surface area (Å²) < 4.78 is 1.55. The van der Waals surface area contributed by atoms with Crippen LogP contribution in [-0.4, -0.2) is 21.5 Å². The number of hydrogen-bond acceptors (Lipinski definition) is 3. The summed E-state index contributed by atoms with van der Waals surface area (Å²) in [5.74, 6) is 0.140. The molecule has 0 bridgehead atoms. The number of carbonyl (C=O) groups excluding carboxylic acids is 1. The van der Waals surface area contributed by atoms with Gasteiger partial charge in [0.2, 0.25) is 11.7 Å². The van der Waals surface area contributed by atoms with Crippen LogP contribution >= 0.6 is 0 Å². The molecule has 0 spiro atoms. The average Bonchev–Trinajstić information content (AvgIpc) is 2.62. The standard InChI is InChI=1S/C10H14N4O/c1-7(2)13-10(15)8(3)14-5-4-12-9(14)6-11/h4-5,7-8H,1-3H3,(H,13,15). The van der Waals surface area contributed by atoms with Crippen molar-refractivity contribution < 1.29 is 4.79 Å². The summed E-state index contributed by atoms with van der Waals surface area (Å²) in [7, 11) is 0. The molecule has 5 nitrogen and oxygen atoms in total. The smallest absolute Gasteiger partial charge is 0.243 e. The van der Waals surface area contributed by atoms with E-state index in [1.165, 1.54) is 6.20 Å². The molecule has 0 aliphatic heterocycles. The van der Waals surface area contributed by atoms with Crippen molar-refractivity contribution in [1.82, 2.24) is 14.9 Å². The lowest BCUT2D eigenvalue weighted by Crippen LogP contribution is -2.35. The summed E-state index contributed by atoms with van der Waals surface area (Å²) in [6, 6.07) is 1.62. The van der Waals surface area contributed by atoms with Gasteiger partial charge in [-0.15, -0.1) is 0 Å². The van der Waals surface area contributed by atoms with E-state index in [1.54, 1.807) is 17.7 Å².